The first-order valence-electron chi connectivity index (χ1n) is 7.17. The highest BCUT2D eigenvalue weighted by molar-refractivity contribution is 7.88. The Kier molecular flexibility index (Phi) is 5.35. The third kappa shape index (κ3) is 4.82. The van der Waals surface area contributed by atoms with Crippen LogP contribution in [-0.4, -0.2) is 54.3 Å². The lowest BCUT2D eigenvalue weighted by Gasteiger charge is -2.30. The Morgan fingerprint density at radius 1 is 1.48 bits per heavy atom. The highest BCUT2D eigenvalue weighted by Gasteiger charge is 2.29. The molecule has 118 valence electrons. The molecule has 0 spiro atoms. The van der Waals surface area contributed by atoms with Gasteiger partial charge in [-0.3, -0.25) is 9.48 Å². The van der Waals surface area contributed by atoms with E-state index in [1.54, 1.807) is 6.20 Å². The van der Waals surface area contributed by atoms with E-state index in [2.05, 4.69) is 10.4 Å². The molecule has 1 aliphatic heterocycles. The second-order valence-electron chi connectivity index (χ2n) is 5.37. The summed E-state index contributed by atoms with van der Waals surface area (Å²) < 4.78 is 26.3. The molecule has 8 heteroatoms. The average molecular weight is 314 g/mol. The van der Waals surface area contributed by atoms with Gasteiger partial charge in [0, 0.05) is 38.6 Å². The minimum Gasteiger partial charge on any atom is -0.356 e. The highest BCUT2D eigenvalue weighted by atomic mass is 32.2. The van der Waals surface area contributed by atoms with Crippen molar-refractivity contribution < 1.29 is 13.2 Å². The first kappa shape index (κ1) is 16.0. The van der Waals surface area contributed by atoms with Gasteiger partial charge in [-0.1, -0.05) is 0 Å². The molecule has 0 aliphatic carbocycles. The summed E-state index contributed by atoms with van der Waals surface area (Å²) in [5.74, 6) is -0.290. The first-order valence-corrected chi connectivity index (χ1v) is 9.02. The maximum absolute atomic E-state index is 12.1. The number of nitrogens with zero attached hydrogens (tertiary/aromatic N) is 3. The molecule has 1 saturated heterocycles. The Morgan fingerprint density at radius 3 is 2.95 bits per heavy atom. The van der Waals surface area contributed by atoms with Gasteiger partial charge in [0.15, 0.2) is 0 Å². The smallest absolute Gasteiger partial charge is 0.224 e. The van der Waals surface area contributed by atoms with Gasteiger partial charge in [-0.05, 0) is 25.3 Å². The second kappa shape index (κ2) is 7.04. The van der Waals surface area contributed by atoms with Gasteiger partial charge in [-0.25, -0.2) is 12.7 Å². The van der Waals surface area contributed by atoms with Crippen LogP contribution in [0, 0.1) is 5.92 Å². The van der Waals surface area contributed by atoms with Crippen molar-refractivity contribution >= 4 is 15.9 Å². The molecule has 21 heavy (non-hydrogen) atoms. The summed E-state index contributed by atoms with van der Waals surface area (Å²) in [6.45, 7) is 2.15. The Morgan fingerprint density at radius 2 is 2.29 bits per heavy atom. The number of hydrogen-bond donors (Lipinski definition) is 1. The van der Waals surface area contributed by atoms with Crippen molar-refractivity contribution in [1.82, 2.24) is 19.4 Å². The van der Waals surface area contributed by atoms with Crippen molar-refractivity contribution in [3.05, 3.63) is 18.5 Å². The van der Waals surface area contributed by atoms with Crippen LogP contribution in [0.5, 0.6) is 0 Å². The van der Waals surface area contributed by atoms with Crippen LogP contribution in [0.3, 0.4) is 0 Å². The number of rotatable bonds is 6. The van der Waals surface area contributed by atoms with E-state index < -0.39 is 10.0 Å². The fourth-order valence-electron chi connectivity index (χ4n) is 2.49. The number of nitrogens with one attached hydrogen (secondary N) is 1. The van der Waals surface area contributed by atoms with Crippen LogP contribution >= 0.6 is 0 Å². The lowest BCUT2D eigenvalue weighted by atomic mass is 9.99. The Labute approximate surface area is 125 Å². The van der Waals surface area contributed by atoms with Crippen molar-refractivity contribution in [2.24, 2.45) is 5.92 Å². The van der Waals surface area contributed by atoms with Crippen molar-refractivity contribution in [2.45, 2.75) is 25.8 Å². The van der Waals surface area contributed by atoms with Crippen LogP contribution in [0.2, 0.25) is 0 Å². The zero-order valence-electron chi connectivity index (χ0n) is 12.2. The topological polar surface area (TPSA) is 84.3 Å². The normalized spacial score (nSPS) is 20.3. The summed E-state index contributed by atoms with van der Waals surface area (Å²) in [7, 11) is -3.21. The number of piperidine rings is 1. The molecule has 7 nitrogen and oxygen atoms in total. The summed E-state index contributed by atoms with van der Waals surface area (Å²) in [5, 5.41) is 6.98. The molecule has 1 fully saturated rings. The van der Waals surface area contributed by atoms with Gasteiger partial charge in [-0.15, -0.1) is 0 Å². The Bertz CT molecular complexity index is 556. The molecule has 1 N–H and O–H groups in total. The number of hydrogen-bond acceptors (Lipinski definition) is 4. The molecule has 0 bridgehead atoms. The molecular formula is C13H22N4O3S. The van der Waals surface area contributed by atoms with E-state index in [9.17, 15) is 13.2 Å². The molecule has 0 radical (unpaired) electrons. The maximum atomic E-state index is 12.1. The Balaban J connectivity index is 1.72. The molecule has 0 unspecified atom stereocenters. The largest absolute Gasteiger partial charge is 0.356 e. The molecular weight excluding hydrogens is 292 g/mol. The van der Waals surface area contributed by atoms with Gasteiger partial charge in [0.1, 0.15) is 0 Å². The summed E-state index contributed by atoms with van der Waals surface area (Å²) in [6, 6.07) is 1.86. The van der Waals surface area contributed by atoms with Crippen LogP contribution in [-0.2, 0) is 21.4 Å². The van der Waals surface area contributed by atoms with Crippen molar-refractivity contribution in [3.8, 4) is 0 Å². The number of aromatic nitrogens is 2. The van der Waals surface area contributed by atoms with E-state index in [4.69, 9.17) is 0 Å². The van der Waals surface area contributed by atoms with Crippen LogP contribution in [0.4, 0.5) is 0 Å². The zero-order valence-corrected chi connectivity index (χ0v) is 13.1. The summed E-state index contributed by atoms with van der Waals surface area (Å²) in [5.41, 5.74) is 0. The monoisotopic (exact) mass is 314 g/mol. The third-order valence-corrected chi connectivity index (χ3v) is 4.92. The minimum atomic E-state index is -3.21. The van der Waals surface area contributed by atoms with Crippen molar-refractivity contribution in [2.75, 3.05) is 25.9 Å². The van der Waals surface area contributed by atoms with E-state index >= 15 is 0 Å². The van der Waals surface area contributed by atoms with E-state index in [0.29, 0.717) is 19.6 Å². The average Bonchev–Trinajstić information content (AvgIpc) is 2.96. The molecule has 1 aliphatic rings. The standard InChI is InChI=1S/C13H22N4O3S/c1-21(19,20)17-10-2-5-12(11-17)13(18)14-6-3-8-16-9-4-7-15-16/h4,7,9,12H,2-3,5-6,8,10-11H2,1H3,(H,14,18)/t12-/m1/s1. The van der Waals surface area contributed by atoms with E-state index in [1.165, 1.54) is 10.6 Å². The van der Waals surface area contributed by atoms with Gasteiger partial charge in [0.05, 0.1) is 12.2 Å². The summed E-state index contributed by atoms with van der Waals surface area (Å²) in [6.07, 6.45) is 7.08. The quantitative estimate of drug-likeness (QED) is 0.753. The maximum Gasteiger partial charge on any atom is 0.224 e. The van der Waals surface area contributed by atoms with Gasteiger partial charge < -0.3 is 5.32 Å². The summed E-state index contributed by atoms with van der Waals surface area (Å²) >= 11 is 0. The Hall–Kier alpha value is -1.41. The van der Waals surface area contributed by atoms with Gasteiger partial charge >= 0.3 is 0 Å². The van der Waals surface area contributed by atoms with E-state index in [1.807, 2.05) is 16.9 Å². The lowest BCUT2D eigenvalue weighted by Crippen LogP contribution is -2.45. The van der Waals surface area contributed by atoms with Gasteiger partial charge in [-0.2, -0.15) is 5.10 Å². The molecule has 1 aromatic heterocycles. The molecule has 2 heterocycles. The van der Waals surface area contributed by atoms with E-state index in [-0.39, 0.29) is 11.8 Å². The molecule has 2 rings (SSSR count). The molecule has 1 amide bonds. The van der Waals surface area contributed by atoms with E-state index in [0.717, 1.165) is 25.8 Å². The number of aryl methyl sites for hydroxylation is 1. The number of amides is 1. The molecule has 1 aromatic rings. The molecule has 1 atom stereocenters. The molecule has 0 saturated carbocycles. The van der Waals surface area contributed by atoms with Gasteiger partial charge in [0.2, 0.25) is 15.9 Å². The van der Waals surface area contributed by atoms with Crippen molar-refractivity contribution in [1.29, 1.82) is 0 Å². The predicted octanol–water partition coefficient (Wildman–Crippen LogP) is 0.0610. The van der Waals surface area contributed by atoms with Gasteiger partial charge in [0.25, 0.3) is 0 Å². The van der Waals surface area contributed by atoms with Crippen LogP contribution in [0.25, 0.3) is 0 Å². The number of sulfonamides is 1. The first-order chi connectivity index (χ1) is 9.97. The predicted molar refractivity (Wildman–Crippen MR) is 79.0 cm³/mol. The van der Waals surface area contributed by atoms with Crippen molar-refractivity contribution in [3.63, 3.8) is 0 Å². The van der Waals surface area contributed by atoms with Crippen LogP contribution in [0.15, 0.2) is 18.5 Å². The third-order valence-electron chi connectivity index (χ3n) is 3.65. The fourth-order valence-corrected chi connectivity index (χ4v) is 3.40. The SMILES string of the molecule is CS(=O)(=O)N1CCC[C@@H](C(=O)NCCCn2cccn2)C1. The minimum absolute atomic E-state index is 0.0520. The molecule has 0 aromatic carbocycles. The fraction of sp³-hybridized carbons (Fsp3) is 0.692. The lowest BCUT2D eigenvalue weighted by molar-refractivity contribution is -0.126. The van der Waals surface area contributed by atoms with Crippen LogP contribution < -0.4 is 5.32 Å². The zero-order chi connectivity index (χ0) is 15.3. The summed E-state index contributed by atoms with van der Waals surface area (Å²) in [4.78, 5) is 12.1. The highest BCUT2D eigenvalue weighted by Crippen LogP contribution is 2.18. The van der Waals surface area contributed by atoms with Crippen LogP contribution in [0.1, 0.15) is 19.3 Å². The number of carbonyl (C=O) groups is 1. The second-order valence-corrected chi connectivity index (χ2v) is 7.36. The number of carbonyl (C=O) groups excluding carboxylic acids is 1.